The minimum atomic E-state index is 0.0514. The number of amides is 1. The molecule has 0 fully saturated rings. The fourth-order valence-electron chi connectivity index (χ4n) is 2.10. The molecule has 1 aromatic heterocycles. The second-order valence-corrected chi connectivity index (χ2v) is 7.00. The van der Waals surface area contributed by atoms with Gasteiger partial charge >= 0.3 is 0 Å². The molecule has 0 radical (unpaired) electrons. The van der Waals surface area contributed by atoms with Crippen LogP contribution in [0, 0.1) is 0 Å². The maximum absolute atomic E-state index is 12.0. The number of hydrogen-bond acceptors (Lipinski definition) is 3. The maximum Gasteiger partial charge on any atom is 0.234 e. The first kappa shape index (κ1) is 16.2. The lowest BCUT2D eigenvalue weighted by atomic mass is 10.2. The van der Waals surface area contributed by atoms with Gasteiger partial charge in [-0.15, -0.1) is 11.3 Å². The van der Waals surface area contributed by atoms with Crippen molar-refractivity contribution in [2.24, 2.45) is 0 Å². The molecule has 1 N–H and O–H groups in total. The number of likely N-dealkylation sites (N-methyl/N-ethyl adjacent to an activating group) is 1. The quantitative estimate of drug-likeness (QED) is 0.842. The molecular weight excluding hydrogens is 348 g/mol. The van der Waals surface area contributed by atoms with Gasteiger partial charge in [0.15, 0.2) is 0 Å². The molecule has 0 aliphatic rings. The number of nitrogens with one attached hydrogen (secondary N) is 1. The van der Waals surface area contributed by atoms with Crippen molar-refractivity contribution in [1.82, 2.24) is 10.2 Å². The molecule has 1 unspecified atom stereocenters. The Balaban J connectivity index is 1.80. The molecule has 0 saturated heterocycles. The molecule has 1 atom stereocenters. The molecule has 0 aliphatic carbocycles. The van der Waals surface area contributed by atoms with Crippen LogP contribution in [-0.4, -0.2) is 24.4 Å². The Kier molecular flexibility index (Phi) is 5.96. The van der Waals surface area contributed by atoms with Crippen LogP contribution in [0.2, 0.25) is 0 Å². The van der Waals surface area contributed by atoms with Crippen molar-refractivity contribution in [3.8, 4) is 0 Å². The van der Waals surface area contributed by atoms with E-state index in [-0.39, 0.29) is 11.9 Å². The molecule has 2 aromatic rings. The van der Waals surface area contributed by atoms with Crippen LogP contribution in [0.3, 0.4) is 0 Å². The summed E-state index contributed by atoms with van der Waals surface area (Å²) in [6.07, 6.45) is 0. The lowest BCUT2D eigenvalue weighted by Crippen LogP contribution is -2.36. The number of benzene rings is 1. The summed E-state index contributed by atoms with van der Waals surface area (Å²) >= 11 is 5.08. The molecule has 5 heteroatoms. The predicted molar refractivity (Wildman–Crippen MR) is 91.4 cm³/mol. The minimum Gasteiger partial charge on any atom is -0.348 e. The topological polar surface area (TPSA) is 32.3 Å². The van der Waals surface area contributed by atoms with Crippen LogP contribution in [-0.2, 0) is 11.3 Å². The lowest BCUT2D eigenvalue weighted by Gasteiger charge is -2.18. The van der Waals surface area contributed by atoms with Crippen molar-refractivity contribution in [2.45, 2.75) is 19.5 Å². The highest BCUT2D eigenvalue weighted by molar-refractivity contribution is 9.10. The summed E-state index contributed by atoms with van der Waals surface area (Å²) in [4.78, 5) is 15.2. The molecule has 1 heterocycles. The molecule has 112 valence electrons. The summed E-state index contributed by atoms with van der Waals surface area (Å²) in [6.45, 7) is 3.16. The Morgan fingerprint density at radius 3 is 2.67 bits per heavy atom. The monoisotopic (exact) mass is 366 g/mol. The van der Waals surface area contributed by atoms with Gasteiger partial charge in [0.1, 0.15) is 0 Å². The molecule has 1 aromatic carbocycles. The largest absolute Gasteiger partial charge is 0.348 e. The van der Waals surface area contributed by atoms with Crippen molar-refractivity contribution in [1.29, 1.82) is 0 Å². The van der Waals surface area contributed by atoms with E-state index in [4.69, 9.17) is 0 Å². The van der Waals surface area contributed by atoms with E-state index in [0.29, 0.717) is 6.54 Å². The van der Waals surface area contributed by atoms with Crippen LogP contribution in [0.5, 0.6) is 0 Å². The SMILES string of the molecule is CC(NC(=O)CN(C)Cc1ccc(Br)cc1)c1cccs1. The zero-order chi connectivity index (χ0) is 15.2. The number of nitrogens with zero attached hydrogens (tertiary/aromatic N) is 1. The number of carbonyl (C=O) groups excluding carboxylic acids is 1. The molecule has 21 heavy (non-hydrogen) atoms. The average Bonchev–Trinajstić information content (AvgIpc) is 2.95. The Bertz CT molecular complexity index is 568. The second-order valence-electron chi connectivity index (χ2n) is 5.10. The number of hydrogen-bond donors (Lipinski definition) is 1. The Morgan fingerprint density at radius 1 is 1.33 bits per heavy atom. The molecule has 0 saturated carbocycles. The number of halogens is 1. The summed E-state index contributed by atoms with van der Waals surface area (Å²) in [7, 11) is 1.96. The van der Waals surface area contributed by atoms with Crippen LogP contribution in [0.4, 0.5) is 0 Å². The smallest absolute Gasteiger partial charge is 0.234 e. The number of carbonyl (C=O) groups is 1. The average molecular weight is 367 g/mol. The fourth-order valence-corrected chi connectivity index (χ4v) is 3.10. The van der Waals surface area contributed by atoms with E-state index in [1.165, 1.54) is 10.4 Å². The van der Waals surface area contributed by atoms with Crippen molar-refractivity contribution in [3.63, 3.8) is 0 Å². The van der Waals surface area contributed by atoms with E-state index in [9.17, 15) is 4.79 Å². The minimum absolute atomic E-state index is 0.0514. The van der Waals surface area contributed by atoms with Gasteiger partial charge in [-0.25, -0.2) is 0 Å². The fraction of sp³-hybridized carbons (Fsp3) is 0.312. The highest BCUT2D eigenvalue weighted by atomic mass is 79.9. The lowest BCUT2D eigenvalue weighted by molar-refractivity contribution is -0.122. The second kappa shape index (κ2) is 7.73. The van der Waals surface area contributed by atoms with Gasteiger partial charge in [-0.2, -0.15) is 0 Å². The molecule has 0 aliphatic heterocycles. The van der Waals surface area contributed by atoms with E-state index < -0.39 is 0 Å². The van der Waals surface area contributed by atoms with E-state index in [1.54, 1.807) is 11.3 Å². The van der Waals surface area contributed by atoms with Gasteiger partial charge in [0, 0.05) is 15.9 Å². The highest BCUT2D eigenvalue weighted by Crippen LogP contribution is 2.18. The summed E-state index contributed by atoms with van der Waals surface area (Å²) in [6, 6.07) is 12.3. The first-order valence-electron chi connectivity index (χ1n) is 6.80. The van der Waals surface area contributed by atoms with Crippen LogP contribution in [0.15, 0.2) is 46.3 Å². The van der Waals surface area contributed by atoms with Gasteiger partial charge in [0.05, 0.1) is 12.6 Å². The Hall–Kier alpha value is -1.17. The van der Waals surface area contributed by atoms with Crippen LogP contribution in [0.1, 0.15) is 23.4 Å². The predicted octanol–water partition coefficient (Wildman–Crippen LogP) is 3.82. The summed E-state index contributed by atoms with van der Waals surface area (Å²) < 4.78 is 1.07. The van der Waals surface area contributed by atoms with E-state index in [2.05, 4.69) is 33.4 Å². The molecule has 1 amide bonds. The zero-order valence-corrected chi connectivity index (χ0v) is 14.6. The molecule has 0 spiro atoms. The number of thiophene rings is 1. The zero-order valence-electron chi connectivity index (χ0n) is 12.2. The molecule has 2 rings (SSSR count). The molecule has 0 bridgehead atoms. The maximum atomic E-state index is 12.0. The first-order valence-corrected chi connectivity index (χ1v) is 8.47. The van der Waals surface area contributed by atoms with Gasteiger partial charge in [-0.1, -0.05) is 34.1 Å². The van der Waals surface area contributed by atoms with Crippen molar-refractivity contribution >= 4 is 33.2 Å². The summed E-state index contributed by atoms with van der Waals surface area (Å²) in [5.74, 6) is 0.0514. The van der Waals surface area contributed by atoms with Crippen LogP contribution in [0.25, 0.3) is 0 Å². The third-order valence-corrected chi connectivity index (χ3v) is 4.71. The van der Waals surface area contributed by atoms with Crippen LogP contribution >= 0.6 is 27.3 Å². The highest BCUT2D eigenvalue weighted by Gasteiger charge is 2.12. The van der Waals surface area contributed by atoms with Gasteiger partial charge in [-0.05, 0) is 43.1 Å². The standard InChI is InChI=1S/C16H19BrN2OS/c1-12(15-4-3-9-21-15)18-16(20)11-19(2)10-13-5-7-14(17)8-6-13/h3-9,12H,10-11H2,1-2H3,(H,18,20). The molecular formula is C16H19BrN2OS. The number of rotatable bonds is 6. The third kappa shape index (κ3) is 5.26. The summed E-state index contributed by atoms with van der Waals surface area (Å²) in [5.41, 5.74) is 1.19. The Morgan fingerprint density at radius 2 is 2.05 bits per heavy atom. The molecule has 3 nitrogen and oxygen atoms in total. The van der Waals surface area contributed by atoms with E-state index in [1.807, 2.05) is 48.5 Å². The van der Waals surface area contributed by atoms with Crippen molar-refractivity contribution < 1.29 is 4.79 Å². The van der Waals surface area contributed by atoms with Gasteiger partial charge in [0.2, 0.25) is 5.91 Å². The first-order chi connectivity index (χ1) is 10.0. The van der Waals surface area contributed by atoms with Gasteiger partial charge in [-0.3, -0.25) is 9.69 Å². The van der Waals surface area contributed by atoms with E-state index in [0.717, 1.165) is 11.0 Å². The summed E-state index contributed by atoms with van der Waals surface area (Å²) in [5, 5.41) is 5.06. The van der Waals surface area contributed by atoms with Crippen LogP contribution < -0.4 is 5.32 Å². The van der Waals surface area contributed by atoms with Gasteiger partial charge < -0.3 is 5.32 Å². The normalized spacial score (nSPS) is 12.4. The van der Waals surface area contributed by atoms with E-state index >= 15 is 0 Å². The third-order valence-electron chi connectivity index (χ3n) is 3.13. The van der Waals surface area contributed by atoms with Crippen molar-refractivity contribution in [2.75, 3.05) is 13.6 Å². The Labute approximate surface area is 138 Å². The van der Waals surface area contributed by atoms with Crippen molar-refractivity contribution in [3.05, 3.63) is 56.7 Å². The van der Waals surface area contributed by atoms with Gasteiger partial charge in [0.25, 0.3) is 0 Å².